The van der Waals surface area contributed by atoms with E-state index in [1.54, 1.807) is 0 Å². The van der Waals surface area contributed by atoms with Gasteiger partial charge in [-0.2, -0.15) is 0 Å². The molecule has 118 valence electrons. The maximum Gasteiger partial charge on any atom is 0.239 e. The van der Waals surface area contributed by atoms with E-state index in [0.29, 0.717) is 0 Å². The van der Waals surface area contributed by atoms with Crippen LogP contribution < -0.4 is 15.8 Å². The number of benzene rings is 1. The van der Waals surface area contributed by atoms with Crippen LogP contribution >= 0.6 is 0 Å². The number of rotatable bonds is 9. The molecule has 21 heavy (non-hydrogen) atoms. The Hall–Kier alpha value is -1.48. The standard InChI is InChI=1S/C13H21N3O4S/c1-20-10-12(14)13(17)15-7-8-21(18,19)16-9-11-5-3-2-4-6-11/h2-6,12,16H,7-10,14H2,1H3,(H,15,17). The fraction of sp³-hybridized carbons (Fsp3) is 0.462. The normalized spacial score (nSPS) is 12.9. The van der Waals surface area contributed by atoms with Gasteiger partial charge < -0.3 is 15.8 Å². The minimum Gasteiger partial charge on any atom is -0.383 e. The third-order valence-electron chi connectivity index (χ3n) is 2.69. The van der Waals surface area contributed by atoms with Crippen molar-refractivity contribution in [3.05, 3.63) is 35.9 Å². The van der Waals surface area contributed by atoms with Gasteiger partial charge in [0.15, 0.2) is 0 Å². The third kappa shape index (κ3) is 7.19. The summed E-state index contributed by atoms with van der Waals surface area (Å²) in [6, 6.07) is 8.39. The van der Waals surface area contributed by atoms with Crippen molar-refractivity contribution in [2.75, 3.05) is 26.0 Å². The number of amides is 1. The molecular formula is C13H21N3O4S. The molecule has 0 heterocycles. The number of hydrogen-bond donors (Lipinski definition) is 3. The van der Waals surface area contributed by atoms with Crippen molar-refractivity contribution in [2.45, 2.75) is 12.6 Å². The Labute approximate surface area is 124 Å². The van der Waals surface area contributed by atoms with E-state index < -0.39 is 22.0 Å². The van der Waals surface area contributed by atoms with E-state index in [0.717, 1.165) is 5.56 Å². The molecular weight excluding hydrogens is 294 g/mol. The molecule has 1 rings (SSSR count). The van der Waals surface area contributed by atoms with Crippen LogP contribution in [0.25, 0.3) is 0 Å². The molecule has 0 saturated carbocycles. The van der Waals surface area contributed by atoms with Crippen molar-refractivity contribution < 1.29 is 17.9 Å². The predicted molar refractivity (Wildman–Crippen MR) is 79.9 cm³/mol. The molecule has 0 spiro atoms. The van der Waals surface area contributed by atoms with Gasteiger partial charge in [-0.05, 0) is 5.56 Å². The maximum atomic E-state index is 11.8. The molecule has 1 aromatic rings. The van der Waals surface area contributed by atoms with E-state index in [1.165, 1.54) is 7.11 Å². The van der Waals surface area contributed by atoms with Gasteiger partial charge in [-0.1, -0.05) is 30.3 Å². The zero-order chi connectivity index (χ0) is 15.7. The van der Waals surface area contributed by atoms with Crippen molar-refractivity contribution in [3.63, 3.8) is 0 Å². The first kappa shape index (κ1) is 17.6. The molecule has 0 fully saturated rings. The van der Waals surface area contributed by atoms with Gasteiger partial charge in [0.1, 0.15) is 6.04 Å². The lowest BCUT2D eigenvalue weighted by Gasteiger charge is -2.11. The highest BCUT2D eigenvalue weighted by Crippen LogP contribution is 1.98. The Morgan fingerprint density at radius 2 is 2.00 bits per heavy atom. The van der Waals surface area contributed by atoms with Crippen LogP contribution in [0.2, 0.25) is 0 Å². The number of hydrogen-bond acceptors (Lipinski definition) is 5. The Kier molecular flexibility index (Phi) is 7.30. The van der Waals surface area contributed by atoms with Crippen LogP contribution in [0.1, 0.15) is 5.56 Å². The summed E-state index contributed by atoms with van der Waals surface area (Å²) in [7, 11) is -2.01. The summed E-state index contributed by atoms with van der Waals surface area (Å²) in [6.07, 6.45) is 0. The molecule has 1 atom stereocenters. The first-order chi connectivity index (χ1) is 9.94. The van der Waals surface area contributed by atoms with Gasteiger partial charge in [-0.3, -0.25) is 4.79 Å². The maximum absolute atomic E-state index is 11.8. The Bertz CT molecular complexity index is 534. The first-order valence-electron chi connectivity index (χ1n) is 6.48. The number of sulfonamides is 1. The van der Waals surface area contributed by atoms with E-state index >= 15 is 0 Å². The number of carbonyl (C=O) groups excluding carboxylic acids is 1. The lowest BCUT2D eigenvalue weighted by atomic mass is 10.2. The molecule has 7 nitrogen and oxygen atoms in total. The van der Waals surface area contributed by atoms with E-state index in [2.05, 4.69) is 10.0 Å². The van der Waals surface area contributed by atoms with Crippen LogP contribution in [0.3, 0.4) is 0 Å². The summed E-state index contributed by atoms with van der Waals surface area (Å²) in [5, 5.41) is 2.46. The average molecular weight is 315 g/mol. The molecule has 0 aliphatic rings. The SMILES string of the molecule is COCC(N)C(=O)NCCS(=O)(=O)NCc1ccccc1. The second-order valence-electron chi connectivity index (χ2n) is 4.48. The third-order valence-corrected chi connectivity index (χ3v) is 4.02. The molecule has 8 heteroatoms. The average Bonchev–Trinajstić information content (AvgIpc) is 2.46. The fourth-order valence-corrected chi connectivity index (χ4v) is 2.46. The Morgan fingerprint density at radius 3 is 2.62 bits per heavy atom. The zero-order valence-corrected chi connectivity index (χ0v) is 12.7. The molecule has 1 amide bonds. The van der Waals surface area contributed by atoms with Crippen LogP contribution in [0.5, 0.6) is 0 Å². The van der Waals surface area contributed by atoms with Crippen LogP contribution in [-0.4, -0.2) is 46.4 Å². The van der Waals surface area contributed by atoms with Gasteiger partial charge in [0.25, 0.3) is 0 Å². The highest BCUT2D eigenvalue weighted by atomic mass is 32.2. The Morgan fingerprint density at radius 1 is 1.33 bits per heavy atom. The van der Waals surface area contributed by atoms with Gasteiger partial charge >= 0.3 is 0 Å². The van der Waals surface area contributed by atoms with E-state index in [9.17, 15) is 13.2 Å². The Balaban J connectivity index is 2.31. The highest BCUT2D eigenvalue weighted by molar-refractivity contribution is 7.89. The molecule has 0 aliphatic heterocycles. The predicted octanol–water partition coefficient (Wildman–Crippen LogP) is -0.804. The number of carbonyl (C=O) groups is 1. The smallest absolute Gasteiger partial charge is 0.239 e. The van der Waals surface area contributed by atoms with E-state index in [1.807, 2.05) is 30.3 Å². The lowest BCUT2D eigenvalue weighted by Crippen LogP contribution is -2.45. The number of methoxy groups -OCH3 is 1. The molecule has 0 aliphatic carbocycles. The number of nitrogens with two attached hydrogens (primary N) is 1. The largest absolute Gasteiger partial charge is 0.383 e. The molecule has 0 saturated heterocycles. The number of nitrogens with one attached hydrogen (secondary N) is 2. The monoisotopic (exact) mass is 315 g/mol. The van der Waals surface area contributed by atoms with Gasteiger partial charge in [-0.25, -0.2) is 13.1 Å². The summed E-state index contributed by atoms with van der Waals surface area (Å²) in [4.78, 5) is 11.5. The van der Waals surface area contributed by atoms with Crippen LogP contribution in [-0.2, 0) is 26.1 Å². The molecule has 0 radical (unpaired) electrons. The summed E-state index contributed by atoms with van der Waals surface area (Å²) in [6.45, 7) is 0.311. The topological polar surface area (TPSA) is 111 Å². The van der Waals surface area contributed by atoms with Crippen molar-refractivity contribution in [2.24, 2.45) is 5.73 Å². The minimum atomic E-state index is -3.45. The lowest BCUT2D eigenvalue weighted by molar-refractivity contribution is -0.123. The molecule has 4 N–H and O–H groups in total. The second-order valence-corrected chi connectivity index (χ2v) is 6.40. The van der Waals surface area contributed by atoms with Gasteiger partial charge in [0.2, 0.25) is 15.9 Å². The van der Waals surface area contributed by atoms with Gasteiger partial charge in [0.05, 0.1) is 12.4 Å². The zero-order valence-electron chi connectivity index (χ0n) is 11.9. The second kappa shape index (κ2) is 8.73. The molecule has 0 aromatic heterocycles. The molecule has 1 aromatic carbocycles. The van der Waals surface area contributed by atoms with Crippen molar-refractivity contribution in [3.8, 4) is 0 Å². The number of ether oxygens (including phenoxy) is 1. The summed E-state index contributed by atoms with van der Waals surface area (Å²) in [5.74, 6) is -0.638. The van der Waals surface area contributed by atoms with Crippen molar-refractivity contribution in [1.29, 1.82) is 0 Å². The fourth-order valence-electron chi connectivity index (χ4n) is 1.56. The van der Waals surface area contributed by atoms with Crippen LogP contribution in [0, 0.1) is 0 Å². The molecule has 1 unspecified atom stereocenters. The van der Waals surface area contributed by atoms with Crippen molar-refractivity contribution >= 4 is 15.9 Å². The minimum absolute atomic E-state index is 0.000368. The van der Waals surface area contributed by atoms with E-state index in [4.69, 9.17) is 10.5 Å². The highest BCUT2D eigenvalue weighted by Gasteiger charge is 2.14. The summed E-state index contributed by atoms with van der Waals surface area (Å²) >= 11 is 0. The van der Waals surface area contributed by atoms with Gasteiger partial charge in [0, 0.05) is 20.2 Å². The van der Waals surface area contributed by atoms with Crippen LogP contribution in [0.4, 0.5) is 0 Å². The van der Waals surface area contributed by atoms with E-state index in [-0.39, 0.29) is 25.4 Å². The molecule has 0 bridgehead atoms. The summed E-state index contributed by atoms with van der Waals surface area (Å²) < 4.78 is 30.7. The van der Waals surface area contributed by atoms with Crippen molar-refractivity contribution in [1.82, 2.24) is 10.0 Å². The summed E-state index contributed by atoms with van der Waals surface area (Å²) in [5.41, 5.74) is 6.38. The van der Waals surface area contributed by atoms with Gasteiger partial charge in [-0.15, -0.1) is 0 Å². The quantitative estimate of drug-likeness (QED) is 0.552. The first-order valence-corrected chi connectivity index (χ1v) is 8.13. The van der Waals surface area contributed by atoms with Crippen LogP contribution in [0.15, 0.2) is 30.3 Å².